The molecule has 1 aromatic carbocycles. The minimum atomic E-state index is 0.561. The molecule has 2 heteroatoms. The highest BCUT2D eigenvalue weighted by molar-refractivity contribution is 5.38. The Morgan fingerprint density at radius 3 is 2.84 bits per heavy atom. The monoisotopic (exact) mass is 261 g/mol. The molecule has 0 amide bonds. The first-order valence-electron chi connectivity index (χ1n) is 7.61. The molecule has 106 valence electrons. The Hall–Kier alpha value is -1.02. The lowest BCUT2D eigenvalue weighted by molar-refractivity contribution is 0.407. The maximum absolute atomic E-state index is 5.54. The average Bonchev–Trinajstić information content (AvgIpc) is 2.92. The molecule has 2 nitrogen and oxygen atoms in total. The first kappa shape index (κ1) is 14.4. The number of methoxy groups -OCH3 is 1. The molecule has 0 aromatic heterocycles. The molecule has 1 heterocycles. The number of hydrogen-bond acceptors (Lipinski definition) is 2. The summed E-state index contributed by atoms with van der Waals surface area (Å²) in [6.45, 7) is 5.65. The molecule has 0 radical (unpaired) electrons. The molecule has 19 heavy (non-hydrogen) atoms. The third-order valence-electron chi connectivity index (χ3n) is 4.14. The second-order valence-corrected chi connectivity index (χ2v) is 5.91. The fraction of sp³-hybridized carbons (Fsp3) is 0.647. The zero-order valence-electron chi connectivity index (χ0n) is 12.5. The van der Waals surface area contributed by atoms with Gasteiger partial charge in [0.15, 0.2) is 0 Å². The summed E-state index contributed by atoms with van der Waals surface area (Å²) in [5.41, 5.74) is 2.71. The molecule has 1 aromatic rings. The van der Waals surface area contributed by atoms with Gasteiger partial charge in [0.05, 0.1) is 7.11 Å². The summed E-state index contributed by atoms with van der Waals surface area (Å²) in [7, 11) is 1.78. The van der Waals surface area contributed by atoms with Crippen LogP contribution in [-0.4, -0.2) is 19.7 Å². The molecule has 1 aliphatic heterocycles. The van der Waals surface area contributed by atoms with E-state index < -0.39 is 0 Å². The fourth-order valence-electron chi connectivity index (χ4n) is 2.87. The van der Waals surface area contributed by atoms with Crippen LogP contribution in [0.25, 0.3) is 0 Å². The SMILES string of the molecule is COc1cc(C(C)C)ccc1CCCC1CCCN1. The summed E-state index contributed by atoms with van der Waals surface area (Å²) in [6.07, 6.45) is 6.35. The van der Waals surface area contributed by atoms with Crippen LogP contribution >= 0.6 is 0 Å². The molecule has 0 saturated carbocycles. The van der Waals surface area contributed by atoms with Gasteiger partial charge in [-0.15, -0.1) is 0 Å². The van der Waals surface area contributed by atoms with E-state index in [2.05, 4.69) is 37.4 Å². The van der Waals surface area contributed by atoms with Gasteiger partial charge in [0, 0.05) is 6.04 Å². The summed E-state index contributed by atoms with van der Waals surface area (Å²) in [5.74, 6) is 1.62. The Kier molecular flexibility index (Phi) is 5.26. The van der Waals surface area contributed by atoms with Gasteiger partial charge >= 0.3 is 0 Å². The Morgan fingerprint density at radius 1 is 1.37 bits per heavy atom. The van der Waals surface area contributed by atoms with Crippen LogP contribution in [0.2, 0.25) is 0 Å². The molecular formula is C17H27NO. The van der Waals surface area contributed by atoms with Gasteiger partial charge in [-0.2, -0.15) is 0 Å². The van der Waals surface area contributed by atoms with Crippen molar-refractivity contribution in [3.8, 4) is 5.75 Å². The minimum absolute atomic E-state index is 0.561. The van der Waals surface area contributed by atoms with Crippen molar-refractivity contribution in [2.75, 3.05) is 13.7 Å². The standard InChI is InChI=1S/C17H27NO/c1-13(2)15-10-9-14(17(12-15)19-3)6-4-7-16-8-5-11-18-16/h9-10,12-13,16,18H,4-8,11H2,1-3H3. The van der Waals surface area contributed by atoms with Gasteiger partial charge in [0.1, 0.15) is 5.75 Å². The number of ether oxygens (including phenoxy) is 1. The maximum atomic E-state index is 5.54. The lowest BCUT2D eigenvalue weighted by Crippen LogP contribution is -2.21. The van der Waals surface area contributed by atoms with Crippen molar-refractivity contribution in [1.29, 1.82) is 0 Å². The predicted molar refractivity (Wildman–Crippen MR) is 81.0 cm³/mol. The van der Waals surface area contributed by atoms with E-state index in [1.54, 1.807) is 7.11 Å². The third-order valence-corrected chi connectivity index (χ3v) is 4.14. The first-order valence-corrected chi connectivity index (χ1v) is 7.61. The van der Waals surface area contributed by atoms with E-state index in [0.717, 1.165) is 18.2 Å². The Labute approximate surface area is 117 Å². The number of rotatable bonds is 6. The lowest BCUT2D eigenvalue weighted by atomic mass is 9.98. The van der Waals surface area contributed by atoms with Crippen molar-refractivity contribution in [3.63, 3.8) is 0 Å². The van der Waals surface area contributed by atoms with E-state index in [4.69, 9.17) is 4.74 Å². The zero-order valence-corrected chi connectivity index (χ0v) is 12.5. The molecule has 1 fully saturated rings. The molecule has 0 aliphatic carbocycles. The van der Waals surface area contributed by atoms with E-state index in [-0.39, 0.29) is 0 Å². The smallest absolute Gasteiger partial charge is 0.122 e. The predicted octanol–water partition coefficient (Wildman–Crippen LogP) is 3.89. The molecule has 2 rings (SSSR count). The van der Waals surface area contributed by atoms with Crippen molar-refractivity contribution in [2.45, 2.75) is 57.9 Å². The van der Waals surface area contributed by atoms with Crippen LogP contribution in [0.15, 0.2) is 18.2 Å². The number of nitrogens with one attached hydrogen (secondary N) is 1. The molecule has 1 N–H and O–H groups in total. The van der Waals surface area contributed by atoms with Crippen molar-refractivity contribution in [1.82, 2.24) is 5.32 Å². The van der Waals surface area contributed by atoms with Crippen LogP contribution in [-0.2, 0) is 6.42 Å². The quantitative estimate of drug-likeness (QED) is 0.838. The average molecular weight is 261 g/mol. The van der Waals surface area contributed by atoms with Crippen molar-refractivity contribution < 1.29 is 4.74 Å². The molecule has 0 bridgehead atoms. The molecule has 0 spiro atoms. The van der Waals surface area contributed by atoms with E-state index in [1.165, 1.54) is 43.4 Å². The first-order chi connectivity index (χ1) is 9.20. The second-order valence-electron chi connectivity index (χ2n) is 5.91. The van der Waals surface area contributed by atoms with Crippen LogP contribution in [0.5, 0.6) is 5.75 Å². The van der Waals surface area contributed by atoms with Gasteiger partial charge in [0.25, 0.3) is 0 Å². The summed E-state index contributed by atoms with van der Waals surface area (Å²) in [4.78, 5) is 0. The van der Waals surface area contributed by atoms with Crippen LogP contribution in [0.3, 0.4) is 0 Å². The molecule has 1 atom stereocenters. The largest absolute Gasteiger partial charge is 0.496 e. The summed E-state index contributed by atoms with van der Waals surface area (Å²) < 4.78 is 5.54. The van der Waals surface area contributed by atoms with Gasteiger partial charge in [-0.3, -0.25) is 0 Å². The highest BCUT2D eigenvalue weighted by Crippen LogP contribution is 2.26. The van der Waals surface area contributed by atoms with Crippen molar-refractivity contribution in [2.24, 2.45) is 0 Å². The minimum Gasteiger partial charge on any atom is -0.496 e. The number of hydrogen-bond donors (Lipinski definition) is 1. The summed E-state index contributed by atoms with van der Waals surface area (Å²) in [6, 6.07) is 7.45. The van der Waals surface area contributed by atoms with Crippen LogP contribution in [0.4, 0.5) is 0 Å². The van der Waals surface area contributed by atoms with Crippen molar-refractivity contribution >= 4 is 0 Å². The Morgan fingerprint density at radius 2 is 2.21 bits per heavy atom. The normalized spacial score (nSPS) is 19.1. The Balaban J connectivity index is 1.91. The maximum Gasteiger partial charge on any atom is 0.122 e. The lowest BCUT2D eigenvalue weighted by Gasteiger charge is -2.14. The number of aryl methyl sites for hydroxylation is 1. The molecule has 1 unspecified atom stereocenters. The third kappa shape index (κ3) is 3.97. The Bertz CT molecular complexity index is 394. The zero-order chi connectivity index (χ0) is 13.7. The van der Waals surface area contributed by atoms with Crippen LogP contribution in [0.1, 0.15) is 56.6 Å². The van der Waals surface area contributed by atoms with Crippen molar-refractivity contribution in [3.05, 3.63) is 29.3 Å². The summed E-state index contributed by atoms with van der Waals surface area (Å²) in [5, 5.41) is 3.56. The number of benzene rings is 1. The molecule has 1 saturated heterocycles. The van der Waals surface area contributed by atoms with Gasteiger partial charge < -0.3 is 10.1 Å². The van der Waals surface area contributed by atoms with Crippen LogP contribution in [0, 0.1) is 0 Å². The van der Waals surface area contributed by atoms with Gasteiger partial charge in [-0.1, -0.05) is 26.0 Å². The van der Waals surface area contributed by atoms with Gasteiger partial charge in [-0.25, -0.2) is 0 Å². The van der Waals surface area contributed by atoms with Crippen LogP contribution < -0.4 is 10.1 Å². The highest BCUT2D eigenvalue weighted by Gasteiger charge is 2.14. The van der Waals surface area contributed by atoms with Gasteiger partial charge in [0.2, 0.25) is 0 Å². The molecular weight excluding hydrogens is 234 g/mol. The van der Waals surface area contributed by atoms with E-state index in [9.17, 15) is 0 Å². The highest BCUT2D eigenvalue weighted by atomic mass is 16.5. The van der Waals surface area contributed by atoms with E-state index in [0.29, 0.717) is 5.92 Å². The second kappa shape index (κ2) is 6.95. The summed E-state index contributed by atoms with van der Waals surface area (Å²) >= 11 is 0. The topological polar surface area (TPSA) is 21.3 Å². The molecule has 1 aliphatic rings. The van der Waals surface area contributed by atoms with Gasteiger partial charge in [-0.05, 0) is 61.8 Å². The van der Waals surface area contributed by atoms with E-state index in [1.807, 2.05) is 0 Å². The van der Waals surface area contributed by atoms with E-state index >= 15 is 0 Å². The fourth-order valence-corrected chi connectivity index (χ4v) is 2.87.